The second-order valence-corrected chi connectivity index (χ2v) is 5.58. The summed E-state index contributed by atoms with van der Waals surface area (Å²) in [5, 5.41) is 0. The van der Waals surface area contributed by atoms with Crippen molar-refractivity contribution in [3.63, 3.8) is 0 Å². The highest BCUT2D eigenvalue weighted by molar-refractivity contribution is 5.97. The van der Waals surface area contributed by atoms with Gasteiger partial charge in [0.15, 0.2) is 5.78 Å². The molecular formula is C20H23NO3. The Hall–Kier alpha value is -2.46. The van der Waals surface area contributed by atoms with E-state index in [1.807, 2.05) is 48.5 Å². The van der Waals surface area contributed by atoms with E-state index in [9.17, 15) is 9.59 Å². The summed E-state index contributed by atoms with van der Waals surface area (Å²) in [5.41, 5.74) is 1.72. The number of nitrogens with zero attached hydrogens (tertiary/aromatic N) is 1. The molecule has 1 amide bonds. The molecule has 0 unspecified atom stereocenters. The third-order valence-corrected chi connectivity index (χ3v) is 3.80. The highest BCUT2D eigenvalue weighted by Gasteiger charge is 2.16. The molecule has 0 heterocycles. The Kier molecular flexibility index (Phi) is 7.18. The van der Waals surface area contributed by atoms with Gasteiger partial charge in [-0.25, -0.2) is 0 Å². The van der Waals surface area contributed by atoms with Gasteiger partial charge >= 0.3 is 0 Å². The first-order valence-electron chi connectivity index (χ1n) is 8.09. The number of carbonyl (C=O) groups is 2. The first-order valence-corrected chi connectivity index (χ1v) is 8.09. The summed E-state index contributed by atoms with van der Waals surface area (Å²) in [6, 6.07) is 18.9. The lowest BCUT2D eigenvalue weighted by molar-refractivity contribution is -0.132. The van der Waals surface area contributed by atoms with Gasteiger partial charge in [0.1, 0.15) is 0 Å². The summed E-state index contributed by atoms with van der Waals surface area (Å²) in [6.07, 6.45) is 0.436. The van der Waals surface area contributed by atoms with Gasteiger partial charge in [0.25, 0.3) is 0 Å². The van der Waals surface area contributed by atoms with Crippen LogP contribution in [0.4, 0.5) is 0 Å². The Morgan fingerprint density at radius 3 is 2.17 bits per heavy atom. The van der Waals surface area contributed by atoms with E-state index < -0.39 is 0 Å². The highest BCUT2D eigenvalue weighted by Crippen LogP contribution is 2.10. The molecule has 0 aliphatic carbocycles. The summed E-state index contributed by atoms with van der Waals surface area (Å²) in [4.78, 5) is 26.4. The van der Waals surface area contributed by atoms with E-state index >= 15 is 0 Å². The number of ketones is 1. The maximum absolute atomic E-state index is 12.5. The van der Waals surface area contributed by atoms with Gasteiger partial charge in [0.05, 0.1) is 6.61 Å². The van der Waals surface area contributed by atoms with Crippen molar-refractivity contribution >= 4 is 11.7 Å². The Morgan fingerprint density at radius 2 is 1.54 bits per heavy atom. The van der Waals surface area contributed by atoms with Crippen LogP contribution < -0.4 is 0 Å². The number of rotatable bonds is 9. The molecule has 0 aliphatic heterocycles. The topological polar surface area (TPSA) is 46.6 Å². The molecule has 0 bridgehead atoms. The molecule has 4 heteroatoms. The van der Waals surface area contributed by atoms with Crippen LogP contribution in [0.2, 0.25) is 0 Å². The van der Waals surface area contributed by atoms with E-state index in [2.05, 4.69) is 0 Å². The van der Waals surface area contributed by atoms with Crippen molar-refractivity contribution in [3.05, 3.63) is 71.8 Å². The smallest absolute Gasteiger partial charge is 0.223 e. The molecule has 24 heavy (non-hydrogen) atoms. The molecule has 126 valence electrons. The molecule has 0 spiro atoms. The molecular weight excluding hydrogens is 302 g/mol. The minimum absolute atomic E-state index is 0.00430. The van der Waals surface area contributed by atoms with Crippen molar-refractivity contribution in [1.29, 1.82) is 0 Å². The Balaban J connectivity index is 1.93. The highest BCUT2D eigenvalue weighted by atomic mass is 16.5. The molecule has 0 atom stereocenters. The molecule has 0 radical (unpaired) electrons. The number of methoxy groups -OCH3 is 1. The van der Waals surface area contributed by atoms with Gasteiger partial charge in [-0.1, -0.05) is 60.7 Å². The summed E-state index contributed by atoms with van der Waals surface area (Å²) < 4.78 is 5.09. The van der Waals surface area contributed by atoms with Gasteiger partial charge in [-0.3, -0.25) is 9.59 Å². The van der Waals surface area contributed by atoms with Gasteiger partial charge in [-0.05, 0) is 5.56 Å². The third-order valence-electron chi connectivity index (χ3n) is 3.80. The second-order valence-electron chi connectivity index (χ2n) is 5.58. The standard InChI is InChI=1S/C20H23NO3/c1-24-15-14-21(16-17-8-4-2-5-9-17)20(23)13-12-19(22)18-10-6-3-7-11-18/h2-11H,12-16H2,1H3. The monoisotopic (exact) mass is 325 g/mol. The van der Waals surface area contributed by atoms with Crippen molar-refractivity contribution in [1.82, 2.24) is 4.90 Å². The maximum atomic E-state index is 12.5. The zero-order valence-corrected chi connectivity index (χ0v) is 14.0. The predicted octanol–water partition coefficient (Wildman–Crippen LogP) is 3.32. The molecule has 0 N–H and O–H groups in total. The number of Topliss-reactive ketones (excluding diaryl/α,β-unsaturated/α-hetero) is 1. The van der Waals surface area contributed by atoms with Gasteiger partial charge < -0.3 is 9.64 Å². The van der Waals surface area contributed by atoms with E-state index in [1.54, 1.807) is 24.1 Å². The lowest BCUT2D eigenvalue weighted by Crippen LogP contribution is -2.33. The quantitative estimate of drug-likeness (QED) is 0.664. The minimum atomic E-state index is -0.0276. The second kappa shape index (κ2) is 9.63. The molecule has 0 fully saturated rings. The van der Waals surface area contributed by atoms with Crippen molar-refractivity contribution < 1.29 is 14.3 Å². The van der Waals surface area contributed by atoms with Crippen LogP contribution in [-0.4, -0.2) is 36.9 Å². The van der Waals surface area contributed by atoms with Gasteiger partial charge in [-0.15, -0.1) is 0 Å². The number of hydrogen-bond acceptors (Lipinski definition) is 3. The van der Waals surface area contributed by atoms with Gasteiger partial charge in [-0.2, -0.15) is 0 Å². The van der Waals surface area contributed by atoms with Gasteiger partial charge in [0.2, 0.25) is 5.91 Å². The summed E-state index contributed by atoms with van der Waals surface area (Å²) in [7, 11) is 1.62. The molecule has 0 aromatic heterocycles. The SMILES string of the molecule is COCCN(Cc1ccccc1)C(=O)CCC(=O)c1ccccc1. The number of carbonyl (C=O) groups excluding carboxylic acids is 2. The average molecular weight is 325 g/mol. The molecule has 2 aromatic carbocycles. The van der Waals surface area contributed by atoms with Crippen LogP contribution in [0.15, 0.2) is 60.7 Å². The van der Waals surface area contributed by atoms with Crippen LogP contribution in [0.3, 0.4) is 0 Å². The number of amides is 1. The normalized spacial score (nSPS) is 10.4. The van der Waals surface area contributed by atoms with Crippen LogP contribution >= 0.6 is 0 Å². The summed E-state index contributed by atoms with van der Waals surface area (Å²) in [5.74, 6) is -0.0319. The summed E-state index contributed by atoms with van der Waals surface area (Å²) >= 11 is 0. The van der Waals surface area contributed by atoms with E-state index in [0.29, 0.717) is 25.3 Å². The molecule has 0 saturated carbocycles. The summed E-state index contributed by atoms with van der Waals surface area (Å²) in [6.45, 7) is 1.53. The largest absolute Gasteiger partial charge is 0.383 e. The number of benzene rings is 2. The number of ether oxygens (including phenoxy) is 1. The van der Waals surface area contributed by atoms with Crippen LogP contribution in [0.1, 0.15) is 28.8 Å². The lowest BCUT2D eigenvalue weighted by Gasteiger charge is -2.22. The Labute approximate surface area is 143 Å². The number of hydrogen-bond donors (Lipinski definition) is 0. The van der Waals surface area contributed by atoms with E-state index in [4.69, 9.17) is 4.74 Å². The third kappa shape index (κ3) is 5.63. The average Bonchev–Trinajstić information content (AvgIpc) is 2.64. The zero-order valence-electron chi connectivity index (χ0n) is 14.0. The van der Waals surface area contributed by atoms with Crippen molar-refractivity contribution in [3.8, 4) is 0 Å². The predicted molar refractivity (Wildman–Crippen MR) is 93.7 cm³/mol. The van der Waals surface area contributed by atoms with Crippen molar-refractivity contribution in [2.45, 2.75) is 19.4 Å². The Morgan fingerprint density at radius 1 is 0.917 bits per heavy atom. The fourth-order valence-electron chi connectivity index (χ4n) is 2.44. The van der Waals surface area contributed by atoms with E-state index in [1.165, 1.54) is 0 Å². The first-order chi connectivity index (χ1) is 11.7. The molecule has 4 nitrogen and oxygen atoms in total. The molecule has 0 saturated heterocycles. The fourth-order valence-corrected chi connectivity index (χ4v) is 2.44. The van der Waals surface area contributed by atoms with Crippen molar-refractivity contribution in [2.75, 3.05) is 20.3 Å². The van der Waals surface area contributed by atoms with Crippen molar-refractivity contribution in [2.24, 2.45) is 0 Å². The van der Waals surface area contributed by atoms with Crippen LogP contribution in [-0.2, 0) is 16.1 Å². The van der Waals surface area contributed by atoms with E-state index in [0.717, 1.165) is 5.56 Å². The van der Waals surface area contributed by atoms with Gasteiger partial charge in [0, 0.05) is 38.6 Å². The molecule has 2 aromatic rings. The van der Waals surface area contributed by atoms with E-state index in [-0.39, 0.29) is 24.5 Å². The molecule has 2 rings (SSSR count). The zero-order chi connectivity index (χ0) is 17.2. The minimum Gasteiger partial charge on any atom is -0.383 e. The fraction of sp³-hybridized carbons (Fsp3) is 0.300. The molecule has 0 aliphatic rings. The van der Waals surface area contributed by atoms with Crippen LogP contribution in [0.5, 0.6) is 0 Å². The van der Waals surface area contributed by atoms with Crippen LogP contribution in [0.25, 0.3) is 0 Å². The lowest BCUT2D eigenvalue weighted by atomic mass is 10.1. The Bertz CT molecular complexity index is 640. The maximum Gasteiger partial charge on any atom is 0.223 e. The van der Waals surface area contributed by atoms with Crippen LogP contribution in [0, 0.1) is 0 Å². The first kappa shape index (κ1) is 17.9.